The van der Waals surface area contributed by atoms with E-state index >= 15 is 0 Å². The summed E-state index contributed by atoms with van der Waals surface area (Å²) >= 11 is 0. The van der Waals surface area contributed by atoms with Crippen molar-refractivity contribution in [1.29, 1.82) is 0 Å². The number of unbranched alkanes of at least 4 members (excludes halogenated alkanes) is 45. The molecule has 6 nitrogen and oxygen atoms in total. The van der Waals surface area contributed by atoms with Crippen LogP contribution in [0.3, 0.4) is 0 Å². The van der Waals surface area contributed by atoms with E-state index in [2.05, 4.69) is 81.5 Å². The quantitative estimate of drug-likeness (QED) is 0.0261. The van der Waals surface area contributed by atoms with Crippen LogP contribution in [-0.2, 0) is 28.6 Å². The van der Waals surface area contributed by atoms with Gasteiger partial charge in [-0.25, -0.2) is 0 Å². The van der Waals surface area contributed by atoms with Gasteiger partial charge in [0.05, 0.1) is 0 Å². The molecule has 0 saturated heterocycles. The molecule has 81 heavy (non-hydrogen) atoms. The monoisotopic (exact) mass is 1130 g/mol. The van der Waals surface area contributed by atoms with Gasteiger partial charge in [-0.15, -0.1) is 0 Å². The third kappa shape index (κ3) is 67.8. The molecule has 472 valence electrons. The predicted octanol–water partition coefficient (Wildman–Crippen LogP) is 24.7. The van der Waals surface area contributed by atoms with E-state index in [9.17, 15) is 14.4 Å². The molecule has 0 amide bonds. The van der Waals surface area contributed by atoms with Crippen molar-refractivity contribution in [1.82, 2.24) is 0 Å². The lowest BCUT2D eigenvalue weighted by Crippen LogP contribution is -2.30. The molecule has 0 aromatic rings. The van der Waals surface area contributed by atoms with E-state index in [-0.39, 0.29) is 31.1 Å². The molecule has 0 rings (SSSR count). The highest BCUT2D eigenvalue weighted by Gasteiger charge is 2.19. The maximum atomic E-state index is 12.9. The van der Waals surface area contributed by atoms with E-state index in [1.54, 1.807) is 0 Å². The van der Waals surface area contributed by atoms with Gasteiger partial charge in [0.25, 0.3) is 0 Å². The number of carbonyl (C=O) groups excluding carboxylic acids is 3. The van der Waals surface area contributed by atoms with Gasteiger partial charge in [-0.3, -0.25) is 14.4 Å². The average Bonchev–Trinajstić information content (AvgIpc) is 3.47. The Bertz CT molecular complexity index is 1440. The number of hydrogen-bond donors (Lipinski definition) is 0. The molecule has 0 spiro atoms. The van der Waals surface area contributed by atoms with Crippen LogP contribution in [0, 0.1) is 0 Å². The Morgan fingerprint density at radius 3 is 0.753 bits per heavy atom. The molecule has 0 aromatic heterocycles. The lowest BCUT2D eigenvalue weighted by atomic mass is 10.0. The van der Waals surface area contributed by atoms with E-state index in [1.807, 2.05) is 0 Å². The first kappa shape index (κ1) is 78.1. The van der Waals surface area contributed by atoms with Gasteiger partial charge in [0.2, 0.25) is 0 Å². The van der Waals surface area contributed by atoms with Crippen molar-refractivity contribution in [2.75, 3.05) is 13.2 Å². The molecule has 0 N–H and O–H groups in total. The lowest BCUT2D eigenvalue weighted by molar-refractivity contribution is -0.167. The van der Waals surface area contributed by atoms with Gasteiger partial charge in [-0.1, -0.05) is 358 Å². The molecule has 0 aromatic carbocycles. The van der Waals surface area contributed by atoms with Crippen molar-refractivity contribution in [2.45, 2.75) is 386 Å². The fourth-order valence-electron chi connectivity index (χ4n) is 10.7. The Kier molecular flexibility index (Phi) is 67.1. The minimum Gasteiger partial charge on any atom is -0.462 e. The Balaban J connectivity index is 4.14. The van der Waals surface area contributed by atoms with Crippen LogP contribution in [0.5, 0.6) is 0 Å². The Morgan fingerprint density at radius 2 is 0.481 bits per heavy atom. The molecule has 0 saturated carbocycles. The zero-order chi connectivity index (χ0) is 58.5. The number of rotatable bonds is 66. The van der Waals surface area contributed by atoms with Crippen molar-refractivity contribution in [3.8, 4) is 0 Å². The van der Waals surface area contributed by atoms with Crippen molar-refractivity contribution in [2.24, 2.45) is 0 Å². The summed E-state index contributed by atoms with van der Waals surface area (Å²) in [5.74, 6) is -0.836. The summed E-state index contributed by atoms with van der Waals surface area (Å²) in [5.41, 5.74) is 0. The van der Waals surface area contributed by atoms with Crippen molar-refractivity contribution < 1.29 is 28.6 Å². The summed E-state index contributed by atoms with van der Waals surface area (Å²) in [6.45, 7) is 6.59. The second-order valence-electron chi connectivity index (χ2n) is 24.1. The maximum absolute atomic E-state index is 12.9. The molecule has 0 fully saturated rings. The summed E-state index contributed by atoms with van der Waals surface area (Å²) in [5, 5.41) is 0. The SMILES string of the molecule is CC/C=C\C/C=C\C/C=C\C/C=C\C/C=C\CCCCCCCCCCCCCCCCCCCC(=O)OCC(COC(=O)CCCCCCCCCCCCCCCC)OC(=O)CCCCCCCCCCCCCCCCCC. The van der Waals surface area contributed by atoms with Gasteiger partial charge in [0.15, 0.2) is 6.10 Å². The van der Waals surface area contributed by atoms with Crippen LogP contribution in [0.15, 0.2) is 60.8 Å². The summed E-state index contributed by atoms with van der Waals surface area (Å²) in [6.07, 6.45) is 89.7. The standard InChI is InChI=1S/C75H136O6/c1-4-7-10-13-16-19-22-25-28-30-31-32-33-34-35-36-37-38-39-40-41-42-43-44-45-46-48-50-53-56-59-62-65-68-74(77)80-71-72(70-79-73(76)67-64-61-58-55-52-49-27-24-21-18-15-12-9-6-3)81-75(78)69-66-63-60-57-54-51-47-29-26-23-20-17-14-11-8-5-2/h7,10,16,19,25,28,31-32,34-35,72H,4-6,8-9,11-15,17-18,20-24,26-27,29-30,33,36-71H2,1-3H3/b10-7-,19-16-,28-25-,32-31-,35-34-. The molecule has 0 bridgehead atoms. The van der Waals surface area contributed by atoms with E-state index in [0.717, 1.165) is 89.9 Å². The molecular weight excluding hydrogens is 997 g/mol. The maximum Gasteiger partial charge on any atom is 0.306 e. The summed E-state index contributed by atoms with van der Waals surface area (Å²) < 4.78 is 17.0. The summed E-state index contributed by atoms with van der Waals surface area (Å²) in [4.78, 5) is 38.4. The average molecular weight is 1130 g/mol. The molecule has 6 heteroatoms. The highest BCUT2D eigenvalue weighted by molar-refractivity contribution is 5.71. The Labute approximate surface area is 504 Å². The van der Waals surface area contributed by atoms with Crippen LogP contribution in [0.4, 0.5) is 0 Å². The lowest BCUT2D eigenvalue weighted by Gasteiger charge is -2.18. The van der Waals surface area contributed by atoms with Crippen molar-refractivity contribution >= 4 is 17.9 Å². The first-order chi connectivity index (χ1) is 40.0. The second kappa shape index (κ2) is 69.6. The highest BCUT2D eigenvalue weighted by atomic mass is 16.6. The topological polar surface area (TPSA) is 78.9 Å². The summed E-state index contributed by atoms with van der Waals surface area (Å²) in [7, 11) is 0. The van der Waals surface area contributed by atoms with Gasteiger partial charge in [-0.05, 0) is 64.2 Å². The minimum absolute atomic E-state index is 0.0657. The molecule has 0 heterocycles. The first-order valence-corrected chi connectivity index (χ1v) is 35.8. The van der Waals surface area contributed by atoms with E-state index in [0.29, 0.717) is 19.3 Å². The van der Waals surface area contributed by atoms with Gasteiger partial charge >= 0.3 is 17.9 Å². The smallest absolute Gasteiger partial charge is 0.306 e. The Hall–Kier alpha value is -2.89. The number of hydrogen-bond acceptors (Lipinski definition) is 6. The van der Waals surface area contributed by atoms with Crippen LogP contribution in [0.2, 0.25) is 0 Å². The zero-order valence-electron chi connectivity index (χ0n) is 54.3. The minimum atomic E-state index is -0.769. The molecule has 0 aliphatic heterocycles. The normalized spacial score (nSPS) is 12.4. The van der Waals surface area contributed by atoms with Gasteiger partial charge < -0.3 is 14.2 Å². The fourth-order valence-corrected chi connectivity index (χ4v) is 10.7. The largest absolute Gasteiger partial charge is 0.462 e. The second-order valence-corrected chi connectivity index (χ2v) is 24.1. The van der Waals surface area contributed by atoms with Crippen molar-refractivity contribution in [3.05, 3.63) is 60.8 Å². The van der Waals surface area contributed by atoms with Gasteiger partial charge in [0, 0.05) is 19.3 Å². The number of carbonyl (C=O) groups is 3. The van der Waals surface area contributed by atoms with E-state index in [1.165, 1.54) is 250 Å². The Morgan fingerprint density at radius 1 is 0.259 bits per heavy atom. The molecular formula is C75H136O6. The van der Waals surface area contributed by atoms with Gasteiger partial charge in [-0.2, -0.15) is 0 Å². The van der Waals surface area contributed by atoms with Crippen LogP contribution >= 0.6 is 0 Å². The predicted molar refractivity (Wildman–Crippen MR) is 353 cm³/mol. The molecule has 1 unspecified atom stereocenters. The van der Waals surface area contributed by atoms with Crippen LogP contribution in [-0.4, -0.2) is 37.2 Å². The third-order valence-electron chi connectivity index (χ3n) is 16.0. The summed E-state index contributed by atoms with van der Waals surface area (Å²) in [6, 6.07) is 0. The van der Waals surface area contributed by atoms with E-state index in [4.69, 9.17) is 14.2 Å². The fraction of sp³-hybridized carbons (Fsp3) is 0.827. The molecule has 1 atom stereocenters. The molecule has 0 aliphatic carbocycles. The number of allylic oxidation sites excluding steroid dienone is 10. The number of ether oxygens (including phenoxy) is 3. The first-order valence-electron chi connectivity index (χ1n) is 35.8. The van der Waals surface area contributed by atoms with Crippen LogP contribution < -0.4 is 0 Å². The third-order valence-corrected chi connectivity index (χ3v) is 16.0. The molecule has 0 radical (unpaired) electrons. The van der Waals surface area contributed by atoms with Crippen molar-refractivity contribution in [3.63, 3.8) is 0 Å². The highest BCUT2D eigenvalue weighted by Crippen LogP contribution is 2.18. The van der Waals surface area contributed by atoms with Gasteiger partial charge in [0.1, 0.15) is 13.2 Å². The zero-order valence-corrected chi connectivity index (χ0v) is 54.3. The van der Waals surface area contributed by atoms with Crippen LogP contribution in [0.1, 0.15) is 380 Å². The van der Waals surface area contributed by atoms with E-state index < -0.39 is 6.10 Å². The number of esters is 3. The molecule has 0 aliphatic rings. The van der Waals surface area contributed by atoms with Crippen LogP contribution in [0.25, 0.3) is 0 Å².